The first-order chi connectivity index (χ1) is 18.6. The van der Waals surface area contributed by atoms with E-state index in [1.165, 1.54) is 6.20 Å². The lowest BCUT2D eigenvalue weighted by Gasteiger charge is -2.32. The minimum Gasteiger partial charge on any atom is -0.488 e. The second kappa shape index (κ2) is 12.5. The summed E-state index contributed by atoms with van der Waals surface area (Å²) in [5, 5.41) is 6.50. The van der Waals surface area contributed by atoms with E-state index in [0.29, 0.717) is 43.8 Å². The molecule has 1 aromatic heterocycles. The van der Waals surface area contributed by atoms with E-state index in [9.17, 15) is 4.39 Å². The van der Waals surface area contributed by atoms with E-state index >= 15 is 0 Å². The van der Waals surface area contributed by atoms with Crippen molar-refractivity contribution in [1.29, 1.82) is 0 Å². The standard InChI is InChI=1S/C27H36FN7O3/c1-3-30-23-14-20(35-9-12-36-13-10-35)15-24(25(23)29-2)38-21-6-4-18(5-7-21)33-27-31-16-22(28)26(34-27)32-19-8-11-37-17-19/h3,14-16,18-19,21H,2,4-13,17H2,1H3,(H2,31,32,33,34). The van der Waals surface area contributed by atoms with E-state index < -0.39 is 5.82 Å². The topological polar surface area (TPSA) is 105 Å². The number of anilines is 3. The van der Waals surface area contributed by atoms with E-state index in [2.05, 4.69) is 42.2 Å². The average molecular weight is 526 g/mol. The molecule has 1 aliphatic carbocycles. The third kappa shape index (κ3) is 6.39. The Bertz CT molecular complexity index is 1130. The molecule has 3 aliphatic rings. The van der Waals surface area contributed by atoms with Gasteiger partial charge in [-0.15, -0.1) is 0 Å². The van der Waals surface area contributed by atoms with Crippen LogP contribution in [0.1, 0.15) is 39.0 Å². The molecule has 1 unspecified atom stereocenters. The van der Waals surface area contributed by atoms with Gasteiger partial charge in [-0.2, -0.15) is 4.98 Å². The number of nitrogens with one attached hydrogen (secondary N) is 2. The van der Waals surface area contributed by atoms with Crippen molar-refractivity contribution < 1.29 is 18.6 Å². The zero-order valence-electron chi connectivity index (χ0n) is 21.9. The second-order valence-corrected chi connectivity index (χ2v) is 9.79. The van der Waals surface area contributed by atoms with Crippen molar-refractivity contribution in [3.63, 3.8) is 0 Å². The number of nitrogens with zero attached hydrogens (tertiary/aromatic N) is 5. The van der Waals surface area contributed by atoms with Gasteiger partial charge in [0, 0.05) is 43.7 Å². The molecule has 10 nitrogen and oxygen atoms in total. The minimum atomic E-state index is -0.461. The molecule has 0 amide bonds. The number of rotatable bonds is 9. The highest BCUT2D eigenvalue weighted by molar-refractivity contribution is 5.80. The third-order valence-corrected chi connectivity index (χ3v) is 7.16. The SMILES string of the molecule is C=Nc1c(N=CC)cc(N2CCOCC2)cc1OC1CCC(Nc2ncc(F)c(NC3CCOC3)n2)CC1. The number of ether oxygens (including phenoxy) is 3. The molecule has 0 bridgehead atoms. The second-order valence-electron chi connectivity index (χ2n) is 9.79. The summed E-state index contributed by atoms with van der Waals surface area (Å²) in [6.07, 6.45) is 7.32. The Hall–Kier alpha value is -3.31. The highest BCUT2D eigenvalue weighted by atomic mass is 19.1. The summed E-state index contributed by atoms with van der Waals surface area (Å²) in [5.41, 5.74) is 2.46. The first-order valence-electron chi connectivity index (χ1n) is 13.4. The summed E-state index contributed by atoms with van der Waals surface area (Å²) in [5.74, 6) is 0.882. The third-order valence-electron chi connectivity index (χ3n) is 7.16. The van der Waals surface area contributed by atoms with Crippen LogP contribution in [-0.4, -0.2) is 80.6 Å². The van der Waals surface area contributed by atoms with Crippen LogP contribution in [0.4, 0.5) is 33.2 Å². The molecule has 2 saturated heterocycles. The summed E-state index contributed by atoms with van der Waals surface area (Å²) in [4.78, 5) is 19.6. The molecule has 5 rings (SSSR count). The largest absolute Gasteiger partial charge is 0.488 e. The van der Waals surface area contributed by atoms with Gasteiger partial charge in [-0.05, 0) is 51.8 Å². The first kappa shape index (κ1) is 26.3. The molecule has 38 heavy (non-hydrogen) atoms. The quantitative estimate of drug-likeness (QED) is 0.461. The Labute approximate surface area is 222 Å². The molecular formula is C27H36FN7O3. The number of aromatic nitrogens is 2. The van der Waals surface area contributed by atoms with Crippen LogP contribution in [-0.2, 0) is 9.47 Å². The molecule has 1 atom stereocenters. The zero-order chi connectivity index (χ0) is 26.3. The van der Waals surface area contributed by atoms with Gasteiger partial charge in [0.1, 0.15) is 11.4 Å². The van der Waals surface area contributed by atoms with Gasteiger partial charge in [-0.1, -0.05) is 0 Å². The number of halogens is 1. The van der Waals surface area contributed by atoms with Crippen LogP contribution < -0.4 is 20.3 Å². The Kier molecular flexibility index (Phi) is 8.65. The van der Waals surface area contributed by atoms with Crippen molar-refractivity contribution in [3.8, 4) is 5.75 Å². The van der Waals surface area contributed by atoms with Crippen LogP contribution in [0.5, 0.6) is 5.75 Å². The molecule has 3 heterocycles. The highest BCUT2D eigenvalue weighted by Gasteiger charge is 2.26. The number of hydrogen-bond acceptors (Lipinski definition) is 10. The Morgan fingerprint density at radius 3 is 2.61 bits per heavy atom. The Morgan fingerprint density at radius 2 is 1.89 bits per heavy atom. The van der Waals surface area contributed by atoms with Crippen LogP contribution in [0.2, 0.25) is 0 Å². The van der Waals surface area contributed by atoms with Crippen molar-refractivity contribution in [2.24, 2.45) is 9.98 Å². The van der Waals surface area contributed by atoms with Crippen LogP contribution in [0.25, 0.3) is 0 Å². The molecule has 2 N–H and O–H groups in total. The molecule has 1 saturated carbocycles. The van der Waals surface area contributed by atoms with Crippen molar-refractivity contribution in [2.45, 2.75) is 57.2 Å². The zero-order valence-corrected chi connectivity index (χ0v) is 21.9. The fourth-order valence-electron chi connectivity index (χ4n) is 5.14. The van der Waals surface area contributed by atoms with Gasteiger partial charge in [-0.3, -0.25) is 9.98 Å². The van der Waals surface area contributed by atoms with Crippen LogP contribution in [0, 0.1) is 5.82 Å². The molecule has 11 heteroatoms. The van der Waals surface area contributed by atoms with Crippen LogP contribution in [0.15, 0.2) is 28.3 Å². The van der Waals surface area contributed by atoms with E-state index in [-0.39, 0.29) is 24.0 Å². The lowest BCUT2D eigenvalue weighted by molar-refractivity contribution is 0.122. The normalized spacial score (nSPS) is 23.9. The Morgan fingerprint density at radius 1 is 1.08 bits per heavy atom. The predicted octanol–water partition coefficient (Wildman–Crippen LogP) is 4.51. The monoisotopic (exact) mass is 525 g/mol. The Balaban J connectivity index is 1.22. The minimum absolute atomic E-state index is 0.0423. The molecular weight excluding hydrogens is 489 g/mol. The van der Waals surface area contributed by atoms with Crippen molar-refractivity contribution in [2.75, 3.05) is 55.1 Å². The summed E-state index contributed by atoms with van der Waals surface area (Å²) < 4.78 is 31.6. The maximum atomic E-state index is 14.2. The van der Waals surface area contributed by atoms with Crippen LogP contribution >= 0.6 is 0 Å². The molecule has 204 valence electrons. The van der Waals surface area contributed by atoms with Gasteiger partial charge in [0.2, 0.25) is 5.95 Å². The number of aliphatic imine (C=N–C) groups is 2. The summed E-state index contributed by atoms with van der Waals surface area (Å²) in [7, 11) is 0. The number of benzene rings is 1. The fourth-order valence-corrected chi connectivity index (χ4v) is 5.14. The smallest absolute Gasteiger partial charge is 0.225 e. The first-order valence-corrected chi connectivity index (χ1v) is 13.4. The van der Waals surface area contributed by atoms with Gasteiger partial charge in [0.05, 0.1) is 43.9 Å². The maximum absolute atomic E-state index is 14.2. The van der Waals surface area contributed by atoms with E-state index in [0.717, 1.165) is 56.6 Å². The fraction of sp³-hybridized carbons (Fsp3) is 0.556. The van der Waals surface area contributed by atoms with Gasteiger partial charge >= 0.3 is 0 Å². The number of morpholine rings is 1. The van der Waals surface area contributed by atoms with Gasteiger partial charge in [0.15, 0.2) is 11.6 Å². The molecule has 1 aromatic carbocycles. The molecule has 0 spiro atoms. The van der Waals surface area contributed by atoms with Crippen molar-refractivity contribution >= 4 is 41.8 Å². The highest BCUT2D eigenvalue weighted by Crippen LogP contribution is 2.43. The molecule has 0 radical (unpaired) electrons. The maximum Gasteiger partial charge on any atom is 0.225 e. The van der Waals surface area contributed by atoms with E-state index in [4.69, 9.17) is 14.2 Å². The molecule has 2 aliphatic heterocycles. The van der Waals surface area contributed by atoms with E-state index in [1.54, 1.807) is 6.21 Å². The van der Waals surface area contributed by atoms with Crippen molar-refractivity contribution in [1.82, 2.24) is 9.97 Å². The number of hydrogen-bond donors (Lipinski definition) is 2. The van der Waals surface area contributed by atoms with Gasteiger partial charge in [0.25, 0.3) is 0 Å². The van der Waals surface area contributed by atoms with E-state index in [1.807, 2.05) is 19.1 Å². The summed E-state index contributed by atoms with van der Waals surface area (Å²) in [6, 6.07) is 4.33. The summed E-state index contributed by atoms with van der Waals surface area (Å²) >= 11 is 0. The van der Waals surface area contributed by atoms with Crippen LogP contribution in [0.3, 0.4) is 0 Å². The van der Waals surface area contributed by atoms with Gasteiger partial charge in [-0.25, -0.2) is 9.37 Å². The molecule has 3 fully saturated rings. The molecule has 2 aromatic rings. The lowest BCUT2D eigenvalue weighted by Crippen LogP contribution is -2.36. The predicted molar refractivity (Wildman–Crippen MR) is 148 cm³/mol. The van der Waals surface area contributed by atoms with Crippen molar-refractivity contribution in [3.05, 3.63) is 24.1 Å². The van der Waals surface area contributed by atoms with Gasteiger partial charge < -0.3 is 29.7 Å². The average Bonchev–Trinajstić information content (AvgIpc) is 3.45. The summed E-state index contributed by atoms with van der Waals surface area (Å²) in [6.45, 7) is 9.94. The lowest BCUT2D eigenvalue weighted by atomic mass is 9.93.